The third-order valence-electron chi connectivity index (χ3n) is 3.89. The number of nitrogens with two attached hydrogens (primary N) is 1. The average Bonchev–Trinajstić information content (AvgIpc) is 3.00. The molecule has 3 N–H and O–H groups in total. The SMILES string of the molecule is CC(C(=O)Nc1cccc(C(N)=S)c1)N(C)C1CCOC1. The largest absolute Gasteiger partial charge is 0.389 e. The van der Waals surface area contributed by atoms with Crippen LogP contribution in [-0.2, 0) is 9.53 Å². The number of hydrogen-bond acceptors (Lipinski definition) is 4. The van der Waals surface area contributed by atoms with Crippen LogP contribution in [0.15, 0.2) is 24.3 Å². The summed E-state index contributed by atoms with van der Waals surface area (Å²) in [6, 6.07) is 7.32. The van der Waals surface area contributed by atoms with Crippen molar-refractivity contribution in [1.29, 1.82) is 0 Å². The van der Waals surface area contributed by atoms with Gasteiger partial charge in [0.1, 0.15) is 4.99 Å². The van der Waals surface area contributed by atoms with Gasteiger partial charge in [-0.2, -0.15) is 0 Å². The van der Waals surface area contributed by atoms with Crippen LogP contribution in [-0.4, -0.2) is 48.1 Å². The first-order valence-corrected chi connectivity index (χ1v) is 7.40. The lowest BCUT2D eigenvalue weighted by atomic mass is 10.1. The molecule has 1 fully saturated rings. The lowest BCUT2D eigenvalue weighted by Gasteiger charge is -2.28. The van der Waals surface area contributed by atoms with E-state index in [2.05, 4.69) is 10.2 Å². The van der Waals surface area contributed by atoms with Crippen molar-refractivity contribution in [2.75, 3.05) is 25.6 Å². The summed E-state index contributed by atoms with van der Waals surface area (Å²) in [4.78, 5) is 14.7. The Morgan fingerprint density at radius 1 is 1.57 bits per heavy atom. The van der Waals surface area contributed by atoms with Gasteiger partial charge in [-0.1, -0.05) is 24.4 Å². The number of carbonyl (C=O) groups excluding carboxylic acids is 1. The summed E-state index contributed by atoms with van der Waals surface area (Å²) in [5.41, 5.74) is 7.05. The van der Waals surface area contributed by atoms with Gasteiger partial charge in [-0.3, -0.25) is 9.69 Å². The number of anilines is 1. The summed E-state index contributed by atoms with van der Waals surface area (Å²) in [6.45, 7) is 3.34. The highest BCUT2D eigenvalue weighted by Gasteiger charge is 2.27. The lowest BCUT2D eigenvalue weighted by Crippen LogP contribution is -2.45. The molecule has 0 aliphatic carbocycles. The smallest absolute Gasteiger partial charge is 0.241 e. The summed E-state index contributed by atoms with van der Waals surface area (Å²) in [5.74, 6) is -0.0514. The highest BCUT2D eigenvalue weighted by atomic mass is 32.1. The molecule has 1 amide bonds. The standard InChI is InChI=1S/C15H21N3O2S/c1-10(18(2)13-6-7-20-9-13)15(19)17-12-5-3-4-11(8-12)14(16)21/h3-5,8,10,13H,6-7,9H2,1-2H3,(H2,16,21)(H,17,19). The Morgan fingerprint density at radius 3 is 2.95 bits per heavy atom. The third kappa shape index (κ3) is 4.00. The van der Waals surface area contributed by atoms with Crippen LogP contribution in [0, 0.1) is 0 Å². The normalized spacial score (nSPS) is 19.5. The average molecular weight is 307 g/mol. The number of thiocarbonyl (C=S) groups is 1. The Labute approximate surface area is 130 Å². The highest BCUT2D eigenvalue weighted by Crippen LogP contribution is 2.16. The molecular weight excluding hydrogens is 286 g/mol. The summed E-state index contributed by atoms with van der Waals surface area (Å²) < 4.78 is 5.37. The van der Waals surface area contributed by atoms with E-state index in [1.54, 1.807) is 6.07 Å². The van der Waals surface area contributed by atoms with E-state index in [1.165, 1.54) is 0 Å². The number of rotatable bonds is 5. The molecule has 1 heterocycles. The number of nitrogens with zero attached hydrogens (tertiary/aromatic N) is 1. The molecule has 21 heavy (non-hydrogen) atoms. The Bertz CT molecular complexity index is 529. The zero-order valence-electron chi connectivity index (χ0n) is 12.3. The lowest BCUT2D eigenvalue weighted by molar-refractivity contribution is -0.121. The molecule has 1 aromatic carbocycles. The van der Waals surface area contributed by atoms with Crippen molar-refractivity contribution in [1.82, 2.24) is 4.90 Å². The van der Waals surface area contributed by atoms with Crippen molar-refractivity contribution in [3.8, 4) is 0 Å². The molecule has 0 saturated carbocycles. The first-order chi connectivity index (χ1) is 9.99. The van der Waals surface area contributed by atoms with Gasteiger partial charge in [0.2, 0.25) is 5.91 Å². The van der Waals surface area contributed by atoms with Gasteiger partial charge in [-0.15, -0.1) is 0 Å². The van der Waals surface area contributed by atoms with Gasteiger partial charge in [0.25, 0.3) is 0 Å². The molecule has 2 rings (SSSR count). The van der Waals surface area contributed by atoms with Crippen LogP contribution in [0.1, 0.15) is 18.9 Å². The second-order valence-electron chi connectivity index (χ2n) is 5.29. The molecule has 1 aromatic rings. The Kier molecular flexibility index (Phi) is 5.27. The third-order valence-corrected chi connectivity index (χ3v) is 4.12. The molecule has 0 radical (unpaired) electrons. The minimum Gasteiger partial charge on any atom is -0.389 e. The number of nitrogens with one attached hydrogen (secondary N) is 1. The second-order valence-corrected chi connectivity index (χ2v) is 5.73. The number of ether oxygens (including phenoxy) is 1. The number of amides is 1. The van der Waals surface area contributed by atoms with E-state index >= 15 is 0 Å². The van der Waals surface area contributed by atoms with E-state index in [-0.39, 0.29) is 11.9 Å². The maximum atomic E-state index is 12.3. The van der Waals surface area contributed by atoms with E-state index in [9.17, 15) is 4.79 Å². The van der Waals surface area contributed by atoms with E-state index < -0.39 is 0 Å². The molecule has 114 valence electrons. The zero-order chi connectivity index (χ0) is 15.4. The van der Waals surface area contributed by atoms with Crippen molar-refractivity contribution in [3.05, 3.63) is 29.8 Å². The van der Waals surface area contributed by atoms with Crippen molar-refractivity contribution in [2.24, 2.45) is 5.73 Å². The highest BCUT2D eigenvalue weighted by molar-refractivity contribution is 7.80. The van der Waals surface area contributed by atoms with Crippen molar-refractivity contribution in [3.63, 3.8) is 0 Å². The first kappa shape index (κ1) is 15.9. The van der Waals surface area contributed by atoms with Crippen LogP contribution >= 0.6 is 12.2 Å². The molecule has 0 spiro atoms. The summed E-state index contributed by atoms with van der Waals surface area (Å²) in [6.07, 6.45) is 0.963. The van der Waals surface area contributed by atoms with Gasteiger partial charge in [-0.25, -0.2) is 0 Å². The minimum atomic E-state index is -0.231. The number of carbonyl (C=O) groups is 1. The fourth-order valence-corrected chi connectivity index (χ4v) is 2.47. The van der Waals surface area contributed by atoms with Gasteiger partial charge < -0.3 is 15.8 Å². The molecule has 2 atom stereocenters. The Morgan fingerprint density at radius 2 is 2.33 bits per heavy atom. The molecular formula is C15H21N3O2S. The van der Waals surface area contributed by atoms with Gasteiger partial charge in [-0.05, 0) is 32.5 Å². The van der Waals surface area contributed by atoms with Crippen LogP contribution in [0.2, 0.25) is 0 Å². The molecule has 5 nitrogen and oxygen atoms in total. The topological polar surface area (TPSA) is 67.6 Å². The molecule has 2 unspecified atom stereocenters. The Balaban J connectivity index is 1.99. The summed E-state index contributed by atoms with van der Waals surface area (Å²) in [7, 11) is 1.95. The predicted octanol–water partition coefficient (Wildman–Crippen LogP) is 1.37. The van der Waals surface area contributed by atoms with E-state index in [1.807, 2.05) is 32.2 Å². The van der Waals surface area contributed by atoms with Crippen molar-refractivity contribution >= 4 is 28.8 Å². The molecule has 0 aromatic heterocycles. The molecule has 6 heteroatoms. The van der Waals surface area contributed by atoms with Crippen molar-refractivity contribution < 1.29 is 9.53 Å². The monoisotopic (exact) mass is 307 g/mol. The van der Waals surface area contributed by atoms with E-state index in [0.717, 1.165) is 18.6 Å². The quantitative estimate of drug-likeness (QED) is 0.804. The molecule has 0 bridgehead atoms. The van der Waals surface area contributed by atoms with Crippen LogP contribution < -0.4 is 11.1 Å². The molecule has 1 aliphatic heterocycles. The van der Waals surface area contributed by atoms with Crippen LogP contribution in [0.3, 0.4) is 0 Å². The van der Waals surface area contributed by atoms with Gasteiger partial charge in [0, 0.05) is 23.9 Å². The molecule has 1 aliphatic rings. The van der Waals surface area contributed by atoms with Crippen LogP contribution in [0.5, 0.6) is 0 Å². The zero-order valence-corrected chi connectivity index (χ0v) is 13.2. The van der Waals surface area contributed by atoms with E-state index in [0.29, 0.717) is 23.3 Å². The maximum Gasteiger partial charge on any atom is 0.241 e. The van der Waals surface area contributed by atoms with Crippen LogP contribution in [0.4, 0.5) is 5.69 Å². The number of hydrogen-bond donors (Lipinski definition) is 2. The van der Waals surface area contributed by atoms with E-state index in [4.69, 9.17) is 22.7 Å². The number of likely N-dealkylation sites (N-methyl/N-ethyl adjacent to an activating group) is 1. The summed E-state index contributed by atoms with van der Waals surface area (Å²) >= 11 is 4.94. The Hall–Kier alpha value is -1.50. The van der Waals surface area contributed by atoms with Crippen molar-refractivity contribution in [2.45, 2.75) is 25.4 Å². The number of benzene rings is 1. The molecule has 1 saturated heterocycles. The minimum absolute atomic E-state index is 0.0514. The van der Waals surface area contributed by atoms with Gasteiger partial charge >= 0.3 is 0 Å². The fourth-order valence-electron chi connectivity index (χ4n) is 2.34. The predicted molar refractivity (Wildman–Crippen MR) is 87.4 cm³/mol. The fraction of sp³-hybridized carbons (Fsp3) is 0.467. The summed E-state index contributed by atoms with van der Waals surface area (Å²) in [5, 5.41) is 2.90. The first-order valence-electron chi connectivity index (χ1n) is 6.99. The van der Waals surface area contributed by atoms with Crippen LogP contribution in [0.25, 0.3) is 0 Å². The van der Waals surface area contributed by atoms with Gasteiger partial charge in [0.15, 0.2) is 0 Å². The second kappa shape index (κ2) is 6.98. The maximum absolute atomic E-state index is 12.3. The van der Waals surface area contributed by atoms with Gasteiger partial charge in [0.05, 0.1) is 12.6 Å².